The van der Waals surface area contributed by atoms with Crippen LogP contribution < -0.4 is 5.73 Å². The first-order chi connectivity index (χ1) is 8.72. The van der Waals surface area contributed by atoms with Gasteiger partial charge in [0.2, 0.25) is 5.91 Å². The largest absolute Gasteiger partial charge is 0.341 e. The standard InChI is InChI=1S/C14H27N3O/c1-12(14(18)16-8-2-3-9-16)17-10-4-5-13(11-17)6-7-15/h12-13H,2-11,15H2,1H3. The lowest BCUT2D eigenvalue weighted by molar-refractivity contribution is -0.136. The fourth-order valence-electron chi connectivity index (χ4n) is 3.28. The van der Waals surface area contributed by atoms with E-state index in [-0.39, 0.29) is 6.04 Å². The van der Waals surface area contributed by atoms with Crippen molar-refractivity contribution in [2.24, 2.45) is 11.7 Å². The minimum atomic E-state index is 0.0590. The minimum absolute atomic E-state index is 0.0590. The molecule has 2 aliphatic heterocycles. The quantitative estimate of drug-likeness (QED) is 0.815. The molecule has 18 heavy (non-hydrogen) atoms. The summed E-state index contributed by atoms with van der Waals surface area (Å²) >= 11 is 0. The van der Waals surface area contributed by atoms with Gasteiger partial charge >= 0.3 is 0 Å². The van der Waals surface area contributed by atoms with Crippen molar-refractivity contribution < 1.29 is 4.79 Å². The molecule has 4 nitrogen and oxygen atoms in total. The highest BCUT2D eigenvalue weighted by Crippen LogP contribution is 2.22. The fourth-order valence-corrected chi connectivity index (χ4v) is 3.28. The number of nitrogens with zero attached hydrogens (tertiary/aromatic N) is 2. The van der Waals surface area contributed by atoms with Gasteiger partial charge in [-0.25, -0.2) is 0 Å². The highest BCUT2D eigenvalue weighted by atomic mass is 16.2. The monoisotopic (exact) mass is 253 g/mol. The molecule has 104 valence electrons. The number of hydrogen-bond donors (Lipinski definition) is 1. The average Bonchev–Trinajstić information content (AvgIpc) is 2.91. The SMILES string of the molecule is CC(C(=O)N1CCCC1)N1CCCC(CCN)C1. The number of amides is 1. The summed E-state index contributed by atoms with van der Waals surface area (Å²) in [7, 11) is 0. The molecular formula is C14H27N3O. The maximum absolute atomic E-state index is 12.4. The van der Waals surface area contributed by atoms with Gasteiger partial charge in [0.05, 0.1) is 6.04 Å². The second kappa shape index (κ2) is 6.53. The van der Waals surface area contributed by atoms with Crippen LogP contribution in [0.5, 0.6) is 0 Å². The Balaban J connectivity index is 1.87. The predicted octanol–water partition coefficient (Wildman–Crippen LogP) is 1.06. The molecule has 0 aromatic carbocycles. The van der Waals surface area contributed by atoms with Gasteiger partial charge in [-0.2, -0.15) is 0 Å². The molecule has 2 rings (SSSR count). The van der Waals surface area contributed by atoms with Gasteiger partial charge < -0.3 is 10.6 Å². The van der Waals surface area contributed by atoms with Gasteiger partial charge in [-0.05, 0) is 58.0 Å². The van der Waals surface area contributed by atoms with Crippen molar-refractivity contribution in [2.45, 2.75) is 45.1 Å². The number of nitrogens with two attached hydrogens (primary N) is 1. The zero-order valence-electron chi connectivity index (χ0n) is 11.6. The van der Waals surface area contributed by atoms with E-state index in [0.29, 0.717) is 11.8 Å². The first-order valence-corrected chi connectivity index (χ1v) is 7.45. The van der Waals surface area contributed by atoms with Crippen LogP contribution in [0.1, 0.15) is 39.0 Å². The molecule has 0 radical (unpaired) electrons. The second-order valence-corrected chi connectivity index (χ2v) is 5.79. The summed E-state index contributed by atoms with van der Waals surface area (Å²) in [5.41, 5.74) is 5.65. The second-order valence-electron chi connectivity index (χ2n) is 5.79. The number of piperidine rings is 1. The Kier molecular flexibility index (Phi) is 5.01. The van der Waals surface area contributed by atoms with E-state index in [4.69, 9.17) is 5.73 Å². The maximum Gasteiger partial charge on any atom is 0.239 e. The lowest BCUT2D eigenvalue weighted by Crippen LogP contribution is -2.49. The van der Waals surface area contributed by atoms with E-state index in [2.05, 4.69) is 11.8 Å². The molecule has 0 aromatic rings. The van der Waals surface area contributed by atoms with Crippen LogP contribution in [0.15, 0.2) is 0 Å². The van der Waals surface area contributed by atoms with Crippen LogP contribution in [0.25, 0.3) is 0 Å². The molecule has 0 spiro atoms. The average molecular weight is 253 g/mol. The molecule has 2 saturated heterocycles. The van der Waals surface area contributed by atoms with Crippen molar-refractivity contribution in [1.82, 2.24) is 9.80 Å². The Morgan fingerprint density at radius 2 is 2.00 bits per heavy atom. The third-order valence-electron chi connectivity index (χ3n) is 4.45. The molecule has 2 N–H and O–H groups in total. The van der Waals surface area contributed by atoms with Crippen molar-refractivity contribution >= 4 is 5.91 Å². The minimum Gasteiger partial charge on any atom is -0.341 e. The number of carbonyl (C=O) groups excluding carboxylic acids is 1. The number of rotatable bonds is 4. The van der Waals surface area contributed by atoms with Crippen LogP contribution in [0.2, 0.25) is 0 Å². The highest BCUT2D eigenvalue weighted by Gasteiger charge is 2.30. The van der Waals surface area contributed by atoms with Crippen LogP contribution in [0.3, 0.4) is 0 Å². The molecule has 0 aromatic heterocycles. The Morgan fingerprint density at radius 3 is 2.67 bits per heavy atom. The van der Waals surface area contributed by atoms with Gasteiger partial charge in [0.25, 0.3) is 0 Å². The van der Waals surface area contributed by atoms with Crippen molar-refractivity contribution in [3.8, 4) is 0 Å². The summed E-state index contributed by atoms with van der Waals surface area (Å²) in [5, 5.41) is 0. The Labute approximate surface area is 110 Å². The van der Waals surface area contributed by atoms with Gasteiger partial charge in [-0.1, -0.05) is 0 Å². The lowest BCUT2D eigenvalue weighted by atomic mass is 9.94. The van der Waals surface area contributed by atoms with Gasteiger partial charge in [0, 0.05) is 19.6 Å². The third-order valence-corrected chi connectivity index (χ3v) is 4.45. The summed E-state index contributed by atoms with van der Waals surface area (Å²) in [4.78, 5) is 16.8. The molecule has 0 aliphatic carbocycles. The van der Waals surface area contributed by atoms with E-state index < -0.39 is 0 Å². The molecule has 0 saturated carbocycles. The summed E-state index contributed by atoms with van der Waals surface area (Å²) in [6, 6.07) is 0.0590. The summed E-state index contributed by atoms with van der Waals surface area (Å²) in [5.74, 6) is 1.03. The van der Waals surface area contributed by atoms with Crippen molar-refractivity contribution in [2.75, 3.05) is 32.7 Å². The van der Waals surface area contributed by atoms with E-state index >= 15 is 0 Å². The molecule has 0 bridgehead atoms. The molecule has 2 fully saturated rings. The van der Waals surface area contributed by atoms with Gasteiger partial charge in [-0.15, -0.1) is 0 Å². The Morgan fingerprint density at radius 1 is 1.28 bits per heavy atom. The first-order valence-electron chi connectivity index (χ1n) is 7.45. The molecule has 2 atom stereocenters. The smallest absolute Gasteiger partial charge is 0.239 e. The summed E-state index contributed by atoms with van der Waals surface area (Å²) < 4.78 is 0. The molecule has 2 heterocycles. The van der Waals surface area contributed by atoms with Crippen LogP contribution >= 0.6 is 0 Å². The van der Waals surface area contributed by atoms with Crippen LogP contribution in [-0.2, 0) is 4.79 Å². The molecule has 2 unspecified atom stereocenters. The summed E-state index contributed by atoms with van der Waals surface area (Å²) in [6.07, 6.45) is 5.93. The van der Waals surface area contributed by atoms with Gasteiger partial charge in [-0.3, -0.25) is 9.69 Å². The zero-order valence-corrected chi connectivity index (χ0v) is 11.6. The van der Waals surface area contributed by atoms with Gasteiger partial charge in [0.1, 0.15) is 0 Å². The molecular weight excluding hydrogens is 226 g/mol. The van der Waals surface area contributed by atoms with E-state index in [1.54, 1.807) is 0 Å². The van der Waals surface area contributed by atoms with Crippen LogP contribution in [0.4, 0.5) is 0 Å². The predicted molar refractivity (Wildman–Crippen MR) is 73.2 cm³/mol. The normalized spacial score (nSPS) is 27.4. The molecule has 1 amide bonds. The van der Waals surface area contributed by atoms with E-state index in [9.17, 15) is 4.79 Å². The molecule has 4 heteroatoms. The molecule has 2 aliphatic rings. The Hall–Kier alpha value is -0.610. The zero-order chi connectivity index (χ0) is 13.0. The maximum atomic E-state index is 12.4. The first kappa shape index (κ1) is 13.8. The number of carbonyl (C=O) groups is 1. The van der Waals surface area contributed by atoms with Gasteiger partial charge in [0.15, 0.2) is 0 Å². The third kappa shape index (κ3) is 3.23. The highest BCUT2D eigenvalue weighted by molar-refractivity contribution is 5.81. The summed E-state index contributed by atoms with van der Waals surface area (Å²) in [6.45, 7) is 6.89. The van der Waals surface area contributed by atoms with Crippen LogP contribution in [0, 0.1) is 5.92 Å². The lowest BCUT2D eigenvalue weighted by Gasteiger charge is -2.37. The van der Waals surface area contributed by atoms with E-state index in [1.807, 2.05) is 4.90 Å². The Bertz CT molecular complexity index is 274. The number of likely N-dealkylation sites (tertiary alicyclic amines) is 2. The van der Waals surface area contributed by atoms with Crippen molar-refractivity contribution in [3.63, 3.8) is 0 Å². The van der Waals surface area contributed by atoms with E-state index in [0.717, 1.165) is 39.1 Å². The topological polar surface area (TPSA) is 49.6 Å². The van der Waals surface area contributed by atoms with E-state index in [1.165, 1.54) is 25.7 Å². The van der Waals surface area contributed by atoms with Crippen molar-refractivity contribution in [1.29, 1.82) is 0 Å². The number of hydrogen-bond acceptors (Lipinski definition) is 3. The fraction of sp³-hybridized carbons (Fsp3) is 0.929. The van der Waals surface area contributed by atoms with Crippen LogP contribution in [-0.4, -0.2) is 54.5 Å². The van der Waals surface area contributed by atoms with Crippen molar-refractivity contribution in [3.05, 3.63) is 0 Å².